The van der Waals surface area contributed by atoms with Crippen LogP contribution in [-0.2, 0) is 9.84 Å². The summed E-state index contributed by atoms with van der Waals surface area (Å²) in [5.41, 5.74) is 0. The maximum atomic E-state index is 11.2. The monoisotopic (exact) mass is 235 g/mol. The molecule has 2 saturated heterocycles. The largest absolute Gasteiger partial charge is 0.309 e. The minimum atomic E-state index is -2.72. The van der Waals surface area contributed by atoms with Crippen LogP contribution < -0.4 is 5.32 Å². The van der Waals surface area contributed by atoms with E-state index in [1.54, 1.807) is 0 Å². The van der Waals surface area contributed by atoms with Gasteiger partial charge in [0, 0.05) is 17.8 Å². The minimum absolute atomic E-state index is 0.226. The summed E-state index contributed by atoms with van der Waals surface area (Å²) in [6, 6.07) is 0.774. The fraction of sp³-hybridized carbons (Fsp3) is 1.00. The van der Waals surface area contributed by atoms with Crippen LogP contribution in [0.1, 0.15) is 19.3 Å². The second kappa shape index (κ2) is 4.41. The lowest BCUT2D eigenvalue weighted by molar-refractivity contribution is 0.447. The van der Waals surface area contributed by atoms with Gasteiger partial charge in [-0.25, -0.2) is 8.42 Å². The van der Waals surface area contributed by atoms with Crippen molar-refractivity contribution < 1.29 is 8.42 Å². The van der Waals surface area contributed by atoms with Crippen molar-refractivity contribution in [3.05, 3.63) is 0 Å². The van der Waals surface area contributed by atoms with Crippen LogP contribution in [0.25, 0.3) is 0 Å². The van der Waals surface area contributed by atoms with Gasteiger partial charge in [0.05, 0.1) is 11.5 Å². The molecule has 0 aromatic heterocycles. The SMILES string of the molecule is O=S1(=O)CC[C@@H](N[C@H]2CCCSC2)C1. The van der Waals surface area contributed by atoms with Gasteiger partial charge in [-0.2, -0.15) is 11.8 Å². The second-order valence-electron chi connectivity index (χ2n) is 4.18. The van der Waals surface area contributed by atoms with Gasteiger partial charge in [0.2, 0.25) is 0 Å². The first-order valence-electron chi connectivity index (χ1n) is 5.20. The van der Waals surface area contributed by atoms with Crippen molar-refractivity contribution in [1.82, 2.24) is 5.32 Å². The smallest absolute Gasteiger partial charge is 0.151 e. The lowest BCUT2D eigenvalue weighted by Crippen LogP contribution is -2.41. The van der Waals surface area contributed by atoms with E-state index in [1.807, 2.05) is 11.8 Å². The van der Waals surface area contributed by atoms with Crippen molar-refractivity contribution >= 4 is 21.6 Å². The van der Waals surface area contributed by atoms with Gasteiger partial charge in [0.25, 0.3) is 0 Å². The third kappa shape index (κ3) is 2.87. The lowest BCUT2D eigenvalue weighted by Gasteiger charge is -2.25. The molecule has 0 aromatic rings. The first-order valence-corrected chi connectivity index (χ1v) is 8.17. The Labute approximate surface area is 89.9 Å². The summed E-state index contributed by atoms with van der Waals surface area (Å²) in [6.45, 7) is 0. The molecule has 2 rings (SSSR count). The van der Waals surface area contributed by atoms with Crippen LogP contribution in [0.3, 0.4) is 0 Å². The van der Waals surface area contributed by atoms with Gasteiger partial charge < -0.3 is 5.32 Å². The molecule has 0 bridgehead atoms. The first kappa shape index (κ1) is 10.8. The van der Waals surface area contributed by atoms with Gasteiger partial charge in [-0.1, -0.05) is 0 Å². The van der Waals surface area contributed by atoms with E-state index in [-0.39, 0.29) is 6.04 Å². The van der Waals surface area contributed by atoms with Crippen molar-refractivity contribution in [3.8, 4) is 0 Å². The second-order valence-corrected chi connectivity index (χ2v) is 7.56. The number of nitrogens with one attached hydrogen (secondary N) is 1. The normalized spacial score (nSPS) is 37.1. The molecular formula is C9H17NO2S2. The predicted molar refractivity (Wildman–Crippen MR) is 60.5 cm³/mol. The van der Waals surface area contributed by atoms with Gasteiger partial charge in [0.1, 0.15) is 0 Å². The van der Waals surface area contributed by atoms with Gasteiger partial charge in [-0.05, 0) is 25.0 Å². The number of hydrogen-bond acceptors (Lipinski definition) is 4. The molecule has 0 aromatic carbocycles. The molecule has 0 unspecified atom stereocenters. The molecule has 0 spiro atoms. The Kier molecular flexibility index (Phi) is 3.39. The fourth-order valence-electron chi connectivity index (χ4n) is 2.13. The summed E-state index contributed by atoms with van der Waals surface area (Å²) >= 11 is 1.97. The van der Waals surface area contributed by atoms with E-state index < -0.39 is 9.84 Å². The first-order chi connectivity index (χ1) is 6.66. The summed E-state index contributed by atoms with van der Waals surface area (Å²) in [5, 5.41) is 3.47. The number of rotatable bonds is 2. The molecule has 2 fully saturated rings. The summed E-state index contributed by atoms with van der Waals surface area (Å²) in [6.07, 6.45) is 3.29. The van der Waals surface area contributed by atoms with Crippen molar-refractivity contribution in [2.75, 3.05) is 23.0 Å². The molecule has 2 aliphatic rings. The molecular weight excluding hydrogens is 218 g/mol. The van der Waals surface area contributed by atoms with Crippen molar-refractivity contribution in [2.24, 2.45) is 0 Å². The van der Waals surface area contributed by atoms with Crippen molar-refractivity contribution in [3.63, 3.8) is 0 Å². The molecule has 2 aliphatic heterocycles. The molecule has 3 nitrogen and oxygen atoms in total. The van der Waals surface area contributed by atoms with Crippen LogP contribution in [0.5, 0.6) is 0 Å². The Balaban J connectivity index is 1.80. The molecule has 1 N–H and O–H groups in total. The third-order valence-corrected chi connectivity index (χ3v) is 5.85. The number of sulfone groups is 1. The summed E-state index contributed by atoms with van der Waals surface area (Å²) in [4.78, 5) is 0. The zero-order valence-electron chi connectivity index (χ0n) is 8.24. The molecule has 82 valence electrons. The highest BCUT2D eigenvalue weighted by atomic mass is 32.2. The highest BCUT2D eigenvalue weighted by molar-refractivity contribution is 7.99. The maximum absolute atomic E-state index is 11.2. The molecule has 0 amide bonds. The Morgan fingerprint density at radius 1 is 1.21 bits per heavy atom. The Morgan fingerprint density at radius 2 is 2.07 bits per heavy atom. The summed E-state index contributed by atoms with van der Waals surface area (Å²) in [5.74, 6) is 3.15. The van der Waals surface area contributed by atoms with Crippen LogP contribution in [0, 0.1) is 0 Å². The highest BCUT2D eigenvalue weighted by Gasteiger charge is 2.29. The van der Waals surface area contributed by atoms with E-state index >= 15 is 0 Å². The van der Waals surface area contributed by atoms with Crippen molar-refractivity contribution in [1.29, 1.82) is 0 Å². The average Bonchev–Trinajstić information content (AvgIpc) is 2.47. The van der Waals surface area contributed by atoms with Gasteiger partial charge in [-0.15, -0.1) is 0 Å². The van der Waals surface area contributed by atoms with Gasteiger partial charge >= 0.3 is 0 Å². The standard InChI is InChI=1S/C9H17NO2S2/c11-14(12)5-3-9(7-14)10-8-2-1-4-13-6-8/h8-10H,1-7H2/t8-,9+/m0/s1. The molecule has 5 heteroatoms. The Bertz CT molecular complexity index is 283. The van der Waals surface area contributed by atoms with Crippen molar-refractivity contribution in [2.45, 2.75) is 31.3 Å². The summed E-state index contributed by atoms with van der Waals surface area (Å²) < 4.78 is 22.5. The van der Waals surface area contributed by atoms with E-state index in [0.717, 1.165) is 12.2 Å². The predicted octanol–water partition coefficient (Wildman–Crippen LogP) is 0.659. The van der Waals surface area contributed by atoms with E-state index in [1.165, 1.54) is 18.6 Å². The minimum Gasteiger partial charge on any atom is -0.309 e. The Morgan fingerprint density at radius 3 is 2.64 bits per heavy atom. The quantitative estimate of drug-likeness (QED) is 0.764. The van der Waals surface area contributed by atoms with Crippen LogP contribution >= 0.6 is 11.8 Å². The fourth-order valence-corrected chi connectivity index (χ4v) is 4.90. The van der Waals surface area contributed by atoms with E-state index in [9.17, 15) is 8.42 Å². The molecule has 2 atom stereocenters. The van der Waals surface area contributed by atoms with E-state index in [2.05, 4.69) is 5.32 Å². The van der Waals surface area contributed by atoms with E-state index in [0.29, 0.717) is 17.5 Å². The Hall–Kier alpha value is 0.260. The maximum Gasteiger partial charge on any atom is 0.151 e. The van der Waals surface area contributed by atoms with Crippen LogP contribution in [0.2, 0.25) is 0 Å². The molecule has 14 heavy (non-hydrogen) atoms. The van der Waals surface area contributed by atoms with Crippen LogP contribution in [0.4, 0.5) is 0 Å². The molecule has 0 radical (unpaired) electrons. The lowest BCUT2D eigenvalue weighted by atomic mass is 10.1. The van der Waals surface area contributed by atoms with Gasteiger partial charge in [0.15, 0.2) is 9.84 Å². The van der Waals surface area contributed by atoms with E-state index in [4.69, 9.17) is 0 Å². The zero-order valence-corrected chi connectivity index (χ0v) is 9.87. The average molecular weight is 235 g/mol. The highest BCUT2D eigenvalue weighted by Crippen LogP contribution is 2.19. The number of hydrogen-bond donors (Lipinski definition) is 1. The van der Waals surface area contributed by atoms with Gasteiger partial charge in [-0.3, -0.25) is 0 Å². The molecule has 0 aliphatic carbocycles. The molecule has 2 heterocycles. The van der Waals surface area contributed by atoms with Crippen LogP contribution in [-0.4, -0.2) is 43.5 Å². The topological polar surface area (TPSA) is 46.2 Å². The third-order valence-electron chi connectivity index (χ3n) is 2.86. The summed E-state index contributed by atoms with van der Waals surface area (Å²) in [7, 11) is -2.72. The van der Waals surface area contributed by atoms with Crippen LogP contribution in [0.15, 0.2) is 0 Å². The molecule has 0 saturated carbocycles. The number of thioether (sulfide) groups is 1. The zero-order chi connectivity index (χ0) is 10.0.